The summed E-state index contributed by atoms with van der Waals surface area (Å²) in [6.07, 6.45) is 0.627. The van der Waals surface area contributed by atoms with E-state index in [1.807, 2.05) is 18.7 Å². The molecule has 5 nitrogen and oxygen atoms in total. The molecule has 0 atom stereocenters. The lowest BCUT2D eigenvalue weighted by Crippen LogP contribution is -2.38. The van der Waals surface area contributed by atoms with Crippen molar-refractivity contribution in [1.29, 1.82) is 0 Å². The zero-order chi connectivity index (χ0) is 15.8. The van der Waals surface area contributed by atoms with Gasteiger partial charge in [0.2, 0.25) is 5.91 Å². The Kier molecular flexibility index (Phi) is 7.19. The lowest BCUT2D eigenvalue weighted by Gasteiger charge is -2.25. The van der Waals surface area contributed by atoms with E-state index in [9.17, 15) is 9.59 Å². The molecule has 1 amide bonds. The highest BCUT2D eigenvalue weighted by molar-refractivity contribution is 6.33. The number of para-hydroxylation sites is 1. The van der Waals surface area contributed by atoms with Crippen molar-refractivity contribution >= 4 is 29.2 Å². The van der Waals surface area contributed by atoms with Crippen LogP contribution in [0.4, 0.5) is 5.69 Å². The number of carbonyl (C=O) groups is 2. The SMILES string of the molecule is CC(C)N(CCCC(=O)O)CC(=O)Nc1ccccc1Cl. The van der Waals surface area contributed by atoms with Crippen LogP contribution in [0.3, 0.4) is 0 Å². The van der Waals surface area contributed by atoms with E-state index >= 15 is 0 Å². The predicted octanol–water partition coefficient (Wildman–Crippen LogP) is 2.85. The summed E-state index contributed by atoms with van der Waals surface area (Å²) in [6.45, 7) is 4.73. The second-order valence-electron chi connectivity index (χ2n) is 5.09. The fourth-order valence-corrected chi connectivity index (χ4v) is 2.07. The number of anilines is 1. The highest BCUT2D eigenvalue weighted by Gasteiger charge is 2.15. The zero-order valence-corrected chi connectivity index (χ0v) is 13.1. The first-order valence-electron chi connectivity index (χ1n) is 6.90. The number of nitrogens with one attached hydrogen (secondary N) is 1. The number of nitrogens with zero attached hydrogens (tertiary/aromatic N) is 1. The Morgan fingerprint density at radius 2 is 2.00 bits per heavy atom. The average molecular weight is 313 g/mol. The molecule has 21 heavy (non-hydrogen) atoms. The molecule has 0 aromatic heterocycles. The number of carbonyl (C=O) groups excluding carboxylic acids is 1. The minimum atomic E-state index is -0.820. The number of halogens is 1. The molecular weight excluding hydrogens is 292 g/mol. The zero-order valence-electron chi connectivity index (χ0n) is 12.3. The summed E-state index contributed by atoms with van der Waals surface area (Å²) in [7, 11) is 0. The third kappa shape index (κ3) is 6.60. The van der Waals surface area contributed by atoms with Gasteiger partial charge in [-0.25, -0.2) is 0 Å². The molecule has 1 aromatic rings. The van der Waals surface area contributed by atoms with Crippen molar-refractivity contribution in [1.82, 2.24) is 4.90 Å². The lowest BCUT2D eigenvalue weighted by atomic mass is 10.2. The van der Waals surface area contributed by atoms with Crippen molar-refractivity contribution in [2.45, 2.75) is 32.7 Å². The summed E-state index contributed by atoms with van der Waals surface area (Å²) >= 11 is 5.99. The highest BCUT2D eigenvalue weighted by atomic mass is 35.5. The number of rotatable bonds is 8. The van der Waals surface area contributed by atoms with Crippen molar-refractivity contribution in [3.63, 3.8) is 0 Å². The van der Waals surface area contributed by atoms with Gasteiger partial charge in [-0.3, -0.25) is 14.5 Å². The number of hydrogen-bond acceptors (Lipinski definition) is 3. The van der Waals surface area contributed by atoms with Gasteiger partial charge in [-0.05, 0) is 38.9 Å². The van der Waals surface area contributed by atoms with Crippen LogP contribution in [0.2, 0.25) is 5.02 Å². The van der Waals surface area contributed by atoms with Gasteiger partial charge in [0.05, 0.1) is 17.3 Å². The average Bonchev–Trinajstić information content (AvgIpc) is 2.39. The van der Waals surface area contributed by atoms with E-state index in [2.05, 4.69) is 5.32 Å². The Balaban J connectivity index is 2.52. The van der Waals surface area contributed by atoms with Gasteiger partial charge in [0.1, 0.15) is 0 Å². The fraction of sp³-hybridized carbons (Fsp3) is 0.467. The van der Waals surface area contributed by atoms with E-state index < -0.39 is 5.97 Å². The van der Waals surface area contributed by atoms with Crippen LogP contribution >= 0.6 is 11.6 Å². The first-order chi connectivity index (χ1) is 9.90. The Labute approximate surface area is 129 Å². The third-order valence-electron chi connectivity index (χ3n) is 3.06. The molecule has 0 aliphatic rings. The summed E-state index contributed by atoms with van der Waals surface area (Å²) in [5.74, 6) is -0.980. The summed E-state index contributed by atoms with van der Waals surface area (Å²) < 4.78 is 0. The molecule has 2 N–H and O–H groups in total. The number of carboxylic acid groups (broad SMARTS) is 1. The molecule has 0 radical (unpaired) electrons. The van der Waals surface area contributed by atoms with Gasteiger partial charge in [-0.1, -0.05) is 23.7 Å². The summed E-state index contributed by atoms with van der Waals surface area (Å²) in [4.78, 5) is 24.5. The lowest BCUT2D eigenvalue weighted by molar-refractivity contribution is -0.137. The molecule has 0 bridgehead atoms. The summed E-state index contributed by atoms with van der Waals surface area (Å²) in [6, 6.07) is 7.21. The molecule has 6 heteroatoms. The third-order valence-corrected chi connectivity index (χ3v) is 3.39. The van der Waals surface area contributed by atoms with E-state index in [1.165, 1.54) is 0 Å². The molecule has 0 heterocycles. The standard InChI is InChI=1S/C15H21ClN2O3/c1-11(2)18(9-5-8-15(20)21)10-14(19)17-13-7-4-3-6-12(13)16/h3-4,6-7,11H,5,8-10H2,1-2H3,(H,17,19)(H,20,21). The predicted molar refractivity (Wildman–Crippen MR) is 83.7 cm³/mol. The monoisotopic (exact) mass is 312 g/mol. The quantitative estimate of drug-likeness (QED) is 0.774. The summed E-state index contributed by atoms with van der Waals surface area (Å²) in [5, 5.41) is 11.9. The second kappa shape index (κ2) is 8.64. The Hall–Kier alpha value is -1.59. The van der Waals surface area contributed by atoms with Gasteiger partial charge in [-0.2, -0.15) is 0 Å². The van der Waals surface area contributed by atoms with E-state index in [4.69, 9.17) is 16.7 Å². The van der Waals surface area contributed by atoms with E-state index in [0.717, 1.165) is 0 Å². The minimum absolute atomic E-state index is 0.107. The van der Waals surface area contributed by atoms with Crippen molar-refractivity contribution in [3.8, 4) is 0 Å². The molecule has 0 fully saturated rings. The number of carboxylic acids is 1. The van der Waals surface area contributed by atoms with E-state index in [1.54, 1.807) is 24.3 Å². The van der Waals surface area contributed by atoms with Crippen LogP contribution in [0, 0.1) is 0 Å². The van der Waals surface area contributed by atoms with Crippen molar-refractivity contribution < 1.29 is 14.7 Å². The topological polar surface area (TPSA) is 69.6 Å². The molecule has 1 aromatic carbocycles. The van der Waals surface area contributed by atoms with Crippen LogP contribution in [0.1, 0.15) is 26.7 Å². The number of aliphatic carboxylic acids is 1. The van der Waals surface area contributed by atoms with Crippen LogP contribution < -0.4 is 5.32 Å². The van der Waals surface area contributed by atoms with Crippen LogP contribution in [0.15, 0.2) is 24.3 Å². The Morgan fingerprint density at radius 1 is 1.33 bits per heavy atom. The molecule has 116 valence electrons. The van der Waals surface area contributed by atoms with Gasteiger partial charge in [0, 0.05) is 12.5 Å². The second-order valence-corrected chi connectivity index (χ2v) is 5.50. The van der Waals surface area contributed by atoms with Crippen LogP contribution in [0.25, 0.3) is 0 Å². The Bertz CT molecular complexity index is 492. The van der Waals surface area contributed by atoms with Crippen molar-refractivity contribution in [2.75, 3.05) is 18.4 Å². The minimum Gasteiger partial charge on any atom is -0.481 e. The largest absolute Gasteiger partial charge is 0.481 e. The van der Waals surface area contributed by atoms with Crippen molar-refractivity contribution in [2.24, 2.45) is 0 Å². The van der Waals surface area contributed by atoms with Gasteiger partial charge in [0.15, 0.2) is 0 Å². The molecule has 1 rings (SSSR count). The van der Waals surface area contributed by atoms with Crippen LogP contribution in [0.5, 0.6) is 0 Å². The summed E-state index contributed by atoms with van der Waals surface area (Å²) in [5.41, 5.74) is 0.582. The Morgan fingerprint density at radius 3 is 2.57 bits per heavy atom. The maximum atomic E-state index is 12.0. The number of hydrogen-bond donors (Lipinski definition) is 2. The molecule has 0 saturated carbocycles. The molecular formula is C15H21ClN2O3. The van der Waals surface area contributed by atoms with Crippen LogP contribution in [-0.2, 0) is 9.59 Å². The molecule has 0 saturated heterocycles. The maximum absolute atomic E-state index is 12.0. The molecule has 0 spiro atoms. The number of amides is 1. The molecule has 0 unspecified atom stereocenters. The van der Waals surface area contributed by atoms with E-state index in [0.29, 0.717) is 23.7 Å². The smallest absolute Gasteiger partial charge is 0.303 e. The highest BCUT2D eigenvalue weighted by Crippen LogP contribution is 2.20. The van der Waals surface area contributed by atoms with Gasteiger partial charge >= 0.3 is 5.97 Å². The van der Waals surface area contributed by atoms with Crippen molar-refractivity contribution in [3.05, 3.63) is 29.3 Å². The van der Waals surface area contributed by atoms with Gasteiger partial charge in [0.25, 0.3) is 0 Å². The molecule has 0 aliphatic carbocycles. The maximum Gasteiger partial charge on any atom is 0.303 e. The van der Waals surface area contributed by atoms with E-state index in [-0.39, 0.29) is 24.9 Å². The van der Waals surface area contributed by atoms with Gasteiger partial charge < -0.3 is 10.4 Å². The normalized spacial score (nSPS) is 10.9. The fourth-order valence-electron chi connectivity index (χ4n) is 1.89. The molecule has 0 aliphatic heterocycles. The number of benzene rings is 1. The van der Waals surface area contributed by atoms with Crippen LogP contribution in [-0.4, -0.2) is 41.0 Å². The first-order valence-corrected chi connectivity index (χ1v) is 7.28. The first kappa shape index (κ1) is 17.5. The van der Waals surface area contributed by atoms with Gasteiger partial charge in [-0.15, -0.1) is 0 Å².